The number of halogens is 1. The Balaban J connectivity index is 1.68. The van der Waals surface area contributed by atoms with Gasteiger partial charge in [-0.1, -0.05) is 12.1 Å². The highest BCUT2D eigenvalue weighted by atomic mass is 19.1. The number of aromatic nitrogens is 3. The second-order valence-corrected chi connectivity index (χ2v) is 5.56. The molecule has 0 radical (unpaired) electrons. The Labute approximate surface area is 150 Å². The quantitative estimate of drug-likeness (QED) is 0.523. The summed E-state index contributed by atoms with van der Waals surface area (Å²) in [7, 11) is 1.44. The Hall–Kier alpha value is -3.16. The third kappa shape index (κ3) is 4.08. The van der Waals surface area contributed by atoms with Crippen LogP contribution in [0.1, 0.15) is 18.3 Å². The summed E-state index contributed by atoms with van der Waals surface area (Å²) in [4.78, 5) is 4.49. The summed E-state index contributed by atoms with van der Waals surface area (Å²) in [6.45, 7) is 3.50. The predicted molar refractivity (Wildman–Crippen MR) is 97.6 cm³/mol. The van der Waals surface area contributed by atoms with Gasteiger partial charge in [0, 0.05) is 12.7 Å². The zero-order valence-corrected chi connectivity index (χ0v) is 14.7. The number of hydrogen-bond acceptors (Lipinski definition) is 4. The van der Waals surface area contributed by atoms with Crippen LogP contribution in [0.4, 0.5) is 4.39 Å². The van der Waals surface area contributed by atoms with Gasteiger partial charge in [0.25, 0.3) is 0 Å². The summed E-state index contributed by atoms with van der Waals surface area (Å²) >= 11 is 0. The second-order valence-electron chi connectivity index (χ2n) is 5.56. The maximum Gasteiger partial charge on any atom is 0.191 e. The van der Waals surface area contributed by atoms with Crippen molar-refractivity contribution in [1.82, 2.24) is 25.2 Å². The average molecular weight is 356 g/mol. The first kappa shape index (κ1) is 17.7. The van der Waals surface area contributed by atoms with Crippen LogP contribution in [0.5, 0.6) is 5.75 Å². The fourth-order valence-electron chi connectivity index (χ4n) is 2.49. The van der Waals surface area contributed by atoms with Crippen molar-refractivity contribution >= 4 is 11.6 Å². The minimum atomic E-state index is -0.395. The zero-order valence-electron chi connectivity index (χ0n) is 14.7. The van der Waals surface area contributed by atoms with E-state index >= 15 is 0 Å². The molecule has 26 heavy (non-hydrogen) atoms. The first-order chi connectivity index (χ1) is 12.7. The Bertz CT molecular complexity index is 908. The van der Waals surface area contributed by atoms with Crippen molar-refractivity contribution in [2.45, 2.75) is 20.0 Å². The fraction of sp³-hybridized carbons (Fsp3) is 0.278. The minimum absolute atomic E-state index is 0.224. The van der Waals surface area contributed by atoms with E-state index in [-0.39, 0.29) is 5.75 Å². The highest BCUT2D eigenvalue weighted by molar-refractivity contribution is 5.79. The van der Waals surface area contributed by atoms with Crippen molar-refractivity contribution in [2.75, 3.05) is 13.7 Å². The molecule has 2 heterocycles. The van der Waals surface area contributed by atoms with Gasteiger partial charge in [0.2, 0.25) is 0 Å². The van der Waals surface area contributed by atoms with E-state index in [2.05, 4.69) is 25.8 Å². The van der Waals surface area contributed by atoms with Crippen LogP contribution in [0, 0.1) is 5.82 Å². The van der Waals surface area contributed by atoms with Crippen molar-refractivity contribution < 1.29 is 9.13 Å². The van der Waals surface area contributed by atoms with Gasteiger partial charge in [-0.25, -0.2) is 9.38 Å². The molecule has 7 nitrogen and oxygen atoms in total. The summed E-state index contributed by atoms with van der Waals surface area (Å²) < 4.78 is 20.6. The molecule has 0 aliphatic heterocycles. The smallest absolute Gasteiger partial charge is 0.191 e. The largest absolute Gasteiger partial charge is 0.494 e. The molecule has 0 amide bonds. The first-order valence-corrected chi connectivity index (χ1v) is 8.34. The second kappa shape index (κ2) is 8.28. The van der Waals surface area contributed by atoms with Gasteiger partial charge in [-0.05, 0) is 36.8 Å². The summed E-state index contributed by atoms with van der Waals surface area (Å²) in [5.74, 6) is 1.23. The first-order valence-electron chi connectivity index (χ1n) is 8.34. The van der Waals surface area contributed by atoms with Crippen molar-refractivity contribution in [2.24, 2.45) is 4.99 Å². The minimum Gasteiger partial charge on any atom is -0.494 e. The molecule has 0 spiro atoms. The molecule has 0 saturated heterocycles. The van der Waals surface area contributed by atoms with Crippen LogP contribution >= 0.6 is 0 Å². The number of fused-ring (bicyclic) bond motifs is 1. The highest BCUT2D eigenvalue weighted by Gasteiger charge is 2.06. The molecule has 2 aromatic heterocycles. The summed E-state index contributed by atoms with van der Waals surface area (Å²) in [6, 6.07) is 10.6. The van der Waals surface area contributed by atoms with E-state index in [9.17, 15) is 4.39 Å². The van der Waals surface area contributed by atoms with Crippen LogP contribution in [0.2, 0.25) is 0 Å². The molecule has 3 rings (SSSR count). The lowest BCUT2D eigenvalue weighted by atomic mass is 10.2. The third-order valence-electron chi connectivity index (χ3n) is 3.78. The van der Waals surface area contributed by atoms with Gasteiger partial charge in [0.05, 0.1) is 20.2 Å². The van der Waals surface area contributed by atoms with Gasteiger partial charge in [-0.3, -0.25) is 4.40 Å². The van der Waals surface area contributed by atoms with E-state index in [1.165, 1.54) is 13.2 Å². The lowest BCUT2D eigenvalue weighted by Crippen LogP contribution is -2.37. The number of guanidine groups is 1. The Morgan fingerprint density at radius 3 is 2.88 bits per heavy atom. The maximum atomic E-state index is 13.8. The number of methoxy groups -OCH3 is 1. The monoisotopic (exact) mass is 356 g/mol. The molecule has 0 unspecified atom stereocenters. The van der Waals surface area contributed by atoms with Crippen LogP contribution in [-0.4, -0.2) is 34.2 Å². The van der Waals surface area contributed by atoms with Crippen LogP contribution < -0.4 is 15.4 Å². The predicted octanol–water partition coefficient (Wildman–Crippen LogP) is 2.13. The van der Waals surface area contributed by atoms with E-state index in [4.69, 9.17) is 4.74 Å². The molecule has 0 atom stereocenters. The lowest BCUT2D eigenvalue weighted by Gasteiger charge is -2.11. The van der Waals surface area contributed by atoms with Crippen LogP contribution in [-0.2, 0) is 13.1 Å². The number of nitrogens with zero attached hydrogens (tertiary/aromatic N) is 4. The molecule has 0 saturated carbocycles. The Kier molecular flexibility index (Phi) is 5.62. The Morgan fingerprint density at radius 2 is 2.12 bits per heavy atom. The van der Waals surface area contributed by atoms with Crippen molar-refractivity contribution in [3.8, 4) is 5.75 Å². The number of nitrogens with one attached hydrogen (secondary N) is 2. The third-order valence-corrected chi connectivity index (χ3v) is 3.78. The molecule has 1 aromatic carbocycles. The van der Waals surface area contributed by atoms with Crippen LogP contribution in [0.3, 0.4) is 0 Å². The van der Waals surface area contributed by atoms with Crippen LogP contribution in [0.25, 0.3) is 5.65 Å². The van der Waals surface area contributed by atoms with Crippen molar-refractivity contribution in [3.63, 3.8) is 0 Å². The summed E-state index contributed by atoms with van der Waals surface area (Å²) in [5.41, 5.74) is 1.55. The molecule has 0 aliphatic carbocycles. The van der Waals surface area contributed by atoms with Gasteiger partial charge in [0.15, 0.2) is 29.0 Å². The van der Waals surface area contributed by atoms with E-state index < -0.39 is 5.82 Å². The number of ether oxygens (including phenoxy) is 1. The number of aliphatic imine (C=N–C) groups is 1. The lowest BCUT2D eigenvalue weighted by molar-refractivity contribution is 0.386. The van der Waals surface area contributed by atoms with Crippen molar-refractivity contribution in [3.05, 3.63) is 59.8 Å². The van der Waals surface area contributed by atoms with E-state index in [0.29, 0.717) is 25.6 Å². The molecule has 3 aromatic rings. The summed E-state index contributed by atoms with van der Waals surface area (Å²) in [6.07, 6.45) is 1.91. The topological polar surface area (TPSA) is 75.8 Å². The SMILES string of the molecule is CCNC(=NCc1ccc(OC)c(F)c1)NCc1nnc2ccccn12. The normalized spacial score (nSPS) is 11.6. The van der Waals surface area contributed by atoms with Gasteiger partial charge in [0.1, 0.15) is 0 Å². The van der Waals surface area contributed by atoms with Gasteiger partial charge < -0.3 is 15.4 Å². The maximum absolute atomic E-state index is 13.8. The van der Waals surface area contributed by atoms with E-state index in [1.54, 1.807) is 12.1 Å². The number of benzene rings is 1. The van der Waals surface area contributed by atoms with Crippen LogP contribution in [0.15, 0.2) is 47.6 Å². The molecule has 8 heteroatoms. The Morgan fingerprint density at radius 1 is 1.23 bits per heavy atom. The molecule has 136 valence electrons. The standard InChI is InChI=1S/C18H21FN6O/c1-3-20-18(21-11-13-7-8-15(26-2)14(19)10-13)22-12-17-24-23-16-6-4-5-9-25(16)17/h4-10H,3,11-12H2,1-2H3,(H2,20,21,22). The molecular weight excluding hydrogens is 335 g/mol. The molecule has 0 fully saturated rings. The van der Waals surface area contributed by atoms with E-state index in [0.717, 1.165) is 17.0 Å². The molecule has 2 N–H and O–H groups in total. The zero-order chi connectivity index (χ0) is 18.4. The molecular formula is C18H21FN6O. The van der Waals surface area contributed by atoms with Gasteiger partial charge in [-0.15, -0.1) is 10.2 Å². The van der Waals surface area contributed by atoms with Crippen molar-refractivity contribution in [1.29, 1.82) is 0 Å². The van der Waals surface area contributed by atoms with Gasteiger partial charge >= 0.3 is 0 Å². The number of pyridine rings is 1. The van der Waals surface area contributed by atoms with E-state index in [1.807, 2.05) is 35.7 Å². The number of rotatable bonds is 6. The number of hydrogen-bond donors (Lipinski definition) is 2. The summed E-state index contributed by atoms with van der Waals surface area (Å²) in [5, 5.41) is 14.7. The molecule has 0 bridgehead atoms. The average Bonchev–Trinajstić information content (AvgIpc) is 3.07. The highest BCUT2D eigenvalue weighted by Crippen LogP contribution is 2.18. The van der Waals surface area contributed by atoms with Gasteiger partial charge in [-0.2, -0.15) is 0 Å². The molecule has 0 aliphatic rings. The fourth-order valence-corrected chi connectivity index (χ4v) is 2.49.